The van der Waals surface area contributed by atoms with E-state index in [-0.39, 0.29) is 41.5 Å². The van der Waals surface area contributed by atoms with Gasteiger partial charge in [-0.05, 0) is 132 Å². The Morgan fingerprint density at radius 2 is 1.69 bits per heavy atom. The summed E-state index contributed by atoms with van der Waals surface area (Å²) in [6.45, 7) is 27.5. The molecule has 2 aromatic rings. The van der Waals surface area contributed by atoms with Gasteiger partial charge >= 0.3 is 11.9 Å². The van der Waals surface area contributed by atoms with Crippen molar-refractivity contribution in [2.45, 2.75) is 122 Å². The van der Waals surface area contributed by atoms with E-state index in [9.17, 15) is 32.3 Å². The lowest BCUT2D eigenvalue weighted by atomic mass is 9.73. The molecule has 20 heteroatoms. The normalized spacial score (nSPS) is 23.5. The quantitative estimate of drug-likeness (QED) is 0.0353. The summed E-state index contributed by atoms with van der Waals surface area (Å²) in [5.41, 5.74) is 7.13. The molecule has 434 valence electrons. The zero-order valence-electron chi connectivity index (χ0n) is 47.1. The second-order valence-corrected chi connectivity index (χ2v) is 22.9. The number of nitrogens with two attached hydrogens (primary N) is 1. The number of hydrogen-bond donors (Lipinski definition) is 4. The Labute approximate surface area is 469 Å². The molecule has 8 aliphatic rings. The van der Waals surface area contributed by atoms with Gasteiger partial charge in [0.05, 0.1) is 30.5 Å². The van der Waals surface area contributed by atoms with Gasteiger partial charge in [-0.2, -0.15) is 13.2 Å². The number of rotatable bonds is 20. The van der Waals surface area contributed by atoms with Crippen LogP contribution in [0.2, 0.25) is 0 Å². The number of hydrazine groups is 1. The highest BCUT2D eigenvalue weighted by atomic mass is 19.4. The van der Waals surface area contributed by atoms with Gasteiger partial charge in [0.2, 0.25) is 11.8 Å². The van der Waals surface area contributed by atoms with Crippen molar-refractivity contribution in [3.05, 3.63) is 130 Å². The van der Waals surface area contributed by atoms with E-state index in [1.54, 1.807) is 17.1 Å². The van der Waals surface area contributed by atoms with Crippen LogP contribution in [0.4, 0.5) is 13.2 Å². The van der Waals surface area contributed by atoms with Crippen LogP contribution in [-0.4, -0.2) is 154 Å². The molecule has 6 aliphatic heterocycles. The number of imidazole rings is 1. The van der Waals surface area contributed by atoms with Crippen molar-refractivity contribution in [2.75, 3.05) is 85.7 Å². The number of imide groups is 1. The molecule has 0 bridgehead atoms. The van der Waals surface area contributed by atoms with Crippen molar-refractivity contribution in [2.24, 2.45) is 17.2 Å². The number of nitrogens with zero attached hydrogens (tertiary/aromatic N) is 8. The van der Waals surface area contributed by atoms with Gasteiger partial charge in [0.1, 0.15) is 12.2 Å². The summed E-state index contributed by atoms with van der Waals surface area (Å²) in [7, 11) is 2.01. The van der Waals surface area contributed by atoms with Crippen LogP contribution in [0.1, 0.15) is 115 Å². The number of nitrogens with one attached hydrogen (secondary N) is 3. The van der Waals surface area contributed by atoms with Crippen molar-refractivity contribution < 1.29 is 32.3 Å². The number of halogens is 3. The highest BCUT2D eigenvalue weighted by Crippen LogP contribution is 2.44. The van der Waals surface area contributed by atoms with Gasteiger partial charge in [-0.3, -0.25) is 39.4 Å². The predicted octanol–water partition coefficient (Wildman–Crippen LogP) is 6.98. The van der Waals surface area contributed by atoms with E-state index in [4.69, 9.17) is 10.6 Å². The Hall–Kier alpha value is -6.19. The minimum Gasteiger partial charge on any atom is -0.379 e. The molecule has 80 heavy (non-hydrogen) atoms. The van der Waals surface area contributed by atoms with E-state index in [1.807, 2.05) is 32.2 Å². The lowest BCUT2D eigenvalue weighted by Crippen LogP contribution is -2.54. The van der Waals surface area contributed by atoms with E-state index in [2.05, 4.69) is 73.3 Å². The fourth-order valence-corrected chi connectivity index (χ4v) is 12.9. The second kappa shape index (κ2) is 25.3. The predicted molar refractivity (Wildman–Crippen MR) is 304 cm³/mol. The molecule has 0 saturated carbocycles. The smallest absolute Gasteiger partial charge is 0.379 e. The van der Waals surface area contributed by atoms with E-state index < -0.39 is 35.1 Å². The molecule has 10 rings (SSSR count). The zero-order chi connectivity index (χ0) is 56.9. The summed E-state index contributed by atoms with van der Waals surface area (Å²) < 4.78 is 51.6. The number of ether oxygens (including phenoxy) is 1. The number of piperidine rings is 2. The van der Waals surface area contributed by atoms with Crippen LogP contribution in [0, 0.1) is 11.3 Å². The molecule has 4 saturated heterocycles. The van der Waals surface area contributed by atoms with Gasteiger partial charge in [-0.25, -0.2) is 10.2 Å². The lowest BCUT2D eigenvalue weighted by Gasteiger charge is -2.46. The first-order chi connectivity index (χ1) is 38.4. The third kappa shape index (κ3) is 12.6. The number of amides is 3. The Kier molecular flexibility index (Phi) is 18.5. The van der Waals surface area contributed by atoms with E-state index >= 15 is 0 Å². The number of alkyl halides is 3. The number of allylic oxidation sites excluding steroid dienone is 8. The number of carbonyl (C=O) groups is 3. The second-order valence-electron chi connectivity index (χ2n) is 22.9. The topological polar surface area (TPSA) is 168 Å². The molecule has 2 aromatic heterocycles. The van der Waals surface area contributed by atoms with Gasteiger partial charge in [0.25, 0.3) is 5.91 Å². The molecule has 3 amide bonds. The molecular formula is C60H83F3N12O5. The van der Waals surface area contributed by atoms with Gasteiger partial charge in [-0.15, -0.1) is 0 Å². The third-order valence-corrected chi connectivity index (χ3v) is 17.6. The fourth-order valence-electron chi connectivity index (χ4n) is 12.9. The van der Waals surface area contributed by atoms with Crippen molar-refractivity contribution >= 4 is 28.9 Å². The standard InChI is InChI=1S/C34H44F3N7O2.C26H39N5O3/c1-5-14-42-28-13-9-12-27(28)39-31(42)23-16-26(34(35,36)37)29-19-43(32(45)44(29)18-23)22(3)15-24(6-2)33(20-46-21-33)17-30(40-38)41(4)25-10-7-8-11-25;1-3-11-28-12-8-21(9-13-28)19-29-15-17-30(18-16-29)20(2)4-5-22-10-14-31(26(22)34)23-6-7-24(32)27-25(23)33/h6,10,15-16,18-19,30-31,39-40H,2-3,5,7-9,11-14,17,20-21,38H2,1,4H3;4-5,10,21,23H,2-3,6-9,11-19H2,1H3,(H,27,32,33)/b24-15+;5-4-/t;23-/m.1/s1. The Bertz CT molecular complexity index is 2900. The van der Waals surface area contributed by atoms with Crippen LogP contribution in [0.5, 0.6) is 0 Å². The number of likely N-dealkylation sites (tertiary alicyclic amines) is 1. The SMILES string of the molecule is C=C(/C=C\C1=CCN([C@@H]2CCC(=O)NC2=O)C1=O)N1CCN(CC2CCN(CCC)CC2)CC1.C=C/C(=C\C(=C)n1cc2c(C(F)(F)F)cc(C3NC4=C(CCC4)N3CCC)cn2c1=O)C1(CC(NN)N(C)C2=CCCC2)COC1. The molecule has 5 N–H and O–H groups in total. The van der Waals surface area contributed by atoms with Crippen LogP contribution >= 0.6 is 0 Å². The van der Waals surface area contributed by atoms with Gasteiger partial charge < -0.3 is 34.6 Å². The zero-order valence-corrected chi connectivity index (χ0v) is 47.1. The number of piperazine rings is 1. The summed E-state index contributed by atoms with van der Waals surface area (Å²) in [5, 5.41) is 5.78. The average Bonchev–Trinajstić information content (AvgIpc) is 4.45. The summed E-state index contributed by atoms with van der Waals surface area (Å²) in [4.78, 5) is 63.4. The number of hydrogen-bond acceptors (Lipinski definition) is 13. The molecule has 17 nitrogen and oxygen atoms in total. The van der Waals surface area contributed by atoms with Crippen molar-refractivity contribution in [3.63, 3.8) is 0 Å². The van der Waals surface area contributed by atoms with Gasteiger partial charge in [0, 0.05) is 117 Å². The maximum Gasteiger partial charge on any atom is 0.418 e. The molecule has 0 spiro atoms. The summed E-state index contributed by atoms with van der Waals surface area (Å²) in [6, 6.07) is 0.606. The highest BCUT2D eigenvalue weighted by Gasteiger charge is 2.45. The number of aromatic nitrogens is 2. The van der Waals surface area contributed by atoms with E-state index in [1.165, 1.54) is 74.2 Å². The van der Waals surface area contributed by atoms with Crippen molar-refractivity contribution in [1.29, 1.82) is 0 Å². The minimum absolute atomic E-state index is 0.159. The minimum atomic E-state index is -4.67. The van der Waals surface area contributed by atoms with Crippen LogP contribution in [0.15, 0.2) is 113 Å². The monoisotopic (exact) mass is 1110 g/mol. The molecule has 0 aromatic carbocycles. The largest absolute Gasteiger partial charge is 0.418 e. The Morgan fingerprint density at radius 1 is 0.938 bits per heavy atom. The number of fused-ring (bicyclic) bond motifs is 1. The maximum atomic E-state index is 14.6. The van der Waals surface area contributed by atoms with E-state index in [0.717, 1.165) is 104 Å². The molecule has 2 aliphatic carbocycles. The molecule has 8 heterocycles. The van der Waals surface area contributed by atoms with E-state index in [0.29, 0.717) is 50.3 Å². The first kappa shape index (κ1) is 58.5. The highest BCUT2D eigenvalue weighted by molar-refractivity contribution is 6.05. The van der Waals surface area contributed by atoms with Crippen LogP contribution in [-0.2, 0) is 25.3 Å². The Balaban J connectivity index is 0.000000203. The molecule has 2 unspecified atom stereocenters. The van der Waals surface area contributed by atoms with Crippen molar-refractivity contribution in [1.82, 2.24) is 54.4 Å². The third-order valence-electron chi connectivity index (χ3n) is 17.6. The maximum absolute atomic E-state index is 14.6. The van der Waals surface area contributed by atoms with Crippen LogP contribution < -0.4 is 27.6 Å². The van der Waals surface area contributed by atoms with Crippen LogP contribution in [0.3, 0.4) is 0 Å². The number of pyridine rings is 1. The summed E-state index contributed by atoms with van der Waals surface area (Å²) in [5.74, 6) is 6.02. The average molecular weight is 1110 g/mol. The molecule has 0 radical (unpaired) electrons. The van der Waals surface area contributed by atoms with Gasteiger partial charge in [0.15, 0.2) is 0 Å². The summed E-state index contributed by atoms with van der Waals surface area (Å²) >= 11 is 0. The molecule has 4 fully saturated rings. The fraction of sp³-hybridized carbons (Fsp3) is 0.567. The lowest BCUT2D eigenvalue weighted by molar-refractivity contribution is -0.142. The first-order valence-corrected chi connectivity index (χ1v) is 29.0. The van der Waals surface area contributed by atoms with Crippen LogP contribution in [0.25, 0.3) is 11.2 Å². The molecular weight excluding hydrogens is 1030 g/mol. The van der Waals surface area contributed by atoms with Gasteiger partial charge in [-0.1, -0.05) is 51.8 Å². The Morgan fingerprint density at radius 3 is 2.33 bits per heavy atom. The number of carbonyl (C=O) groups excluding carboxylic acids is 3. The molecule has 3 atom stereocenters. The summed E-state index contributed by atoms with van der Waals surface area (Å²) in [6.07, 6.45) is 20.5. The first-order valence-electron chi connectivity index (χ1n) is 29.0. The van der Waals surface area contributed by atoms with Crippen molar-refractivity contribution in [3.8, 4) is 0 Å².